The summed E-state index contributed by atoms with van der Waals surface area (Å²) in [6.07, 6.45) is 1.53. The second-order valence-electron chi connectivity index (χ2n) is 3.33. The summed E-state index contributed by atoms with van der Waals surface area (Å²) in [5.74, 6) is 0.141. The van der Waals surface area contributed by atoms with E-state index in [-0.39, 0.29) is 11.9 Å². The molecule has 3 nitrogen and oxygen atoms in total. The van der Waals surface area contributed by atoms with Gasteiger partial charge in [0.05, 0.1) is 6.04 Å². The van der Waals surface area contributed by atoms with Crippen LogP contribution in [0.3, 0.4) is 0 Å². The lowest BCUT2D eigenvalue weighted by molar-refractivity contribution is -0.119. The van der Waals surface area contributed by atoms with Gasteiger partial charge in [0.15, 0.2) is 0 Å². The topological polar surface area (TPSA) is 55.1 Å². The van der Waals surface area contributed by atoms with E-state index >= 15 is 0 Å². The summed E-state index contributed by atoms with van der Waals surface area (Å²) in [4.78, 5) is 11.0. The highest BCUT2D eigenvalue weighted by molar-refractivity contribution is 5.78. The second-order valence-corrected chi connectivity index (χ2v) is 3.33. The van der Waals surface area contributed by atoms with Crippen LogP contribution in [0, 0.1) is 0 Å². The predicted octanol–water partition coefficient (Wildman–Crippen LogP) is 1.22. The number of rotatable bonds is 1. The number of nitrogens with one attached hydrogen (secondary N) is 1. The van der Waals surface area contributed by atoms with Crippen LogP contribution in [-0.2, 0) is 4.79 Å². The van der Waals surface area contributed by atoms with Crippen molar-refractivity contribution in [3.8, 4) is 0 Å². The Morgan fingerprint density at radius 2 is 2.00 bits per heavy atom. The van der Waals surface area contributed by atoms with Gasteiger partial charge in [-0.05, 0) is 24.1 Å². The number of benzene rings is 1. The van der Waals surface area contributed by atoms with Gasteiger partial charge >= 0.3 is 0 Å². The average molecular weight is 176 g/mol. The molecule has 1 heterocycles. The summed E-state index contributed by atoms with van der Waals surface area (Å²) in [5, 5.41) is 2.91. The summed E-state index contributed by atoms with van der Waals surface area (Å²) < 4.78 is 0. The molecule has 1 atom stereocenters. The highest BCUT2D eigenvalue weighted by Gasteiger charge is 2.21. The quantitative estimate of drug-likeness (QED) is 0.632. The van der Waals surface area contributed by atoms with Crippen molar-refractivity contribution in [2.45, 2.75) is 18.9 Å². The monoisotopic (exact) mass is 176 g/mol. The fraction of sp³-hybridized carbons (Fsp3) is 0.300. The van der Waals surface area contributed by atoms with Crippen molar-refractivity contribution < 1.29 is 4.79 Å². The molecule has 0 spiro atoms. The van der Waals surface area contributed by atoms with Gasteiger partial charge in [0.2, 0.25) is 5.91 Å². The maximum absolute atomic E-state index is 11.0. The number of hydrogen-bond acceptors (Lipinski definition) is 2. The molecule has 1 amide bonds. The number of carbonyl (C=O) groups excluding carboxylic acids is 1. The molecule has 13 heavy (non-hydrogen) atoms. The van der Waals surface area contributed by atoms with Crippen LogP contribution in [-0.4, -0.2) is 5.91 Å². The van der Waals surface area contributed by atoms with Crippen LogP contribution >= 0.6 is 0 Å². The Labute approximate surface area is 76.9 Å². The molecule has 0 aliphatic carbocycles. The molecular formula is C10H12N2O. The Morgan fingerprint density at radius 3 is 2.54 bits per heavy atom. The van der Waals surface area contributed by atoms with Crippen molar-refractivity contribution in [2.24, 2.45) is 0 Å². The Hall–Kier alpha value is -1.51. The largest absolute Gasteiger partial charge is 0.399 e. The molecule has 1 saturated heterocycles. The zero-order valence-electron chi connectivity index (χ0n) is 7.29. The van der Waals surface area contributed by atoms with E-state index < -0.39 is 0 Å². The normalized spacial score (nSPS) is 21.5. The van der Waals surface area contributed by atoms with E-state index in [0.29, 0.717) is 6.42 Å². The van der Waals surface area contributed by atoms with Gasteiger partial charge in [-0.2, -0.15) is 0 Å². The fourth-order valence-corrected chi connectivity index (χ4v) is 1.59. The molecule has 1 aromatic rings. The zero-order valence-corrected chi connectivity index (χ0v) is 7.29. The Balaban J connectivity index is 2.17. The van der Waals surface area contributed by atoms with Crippen molar-refractivity contribution in [1.29, 1.82) is 0 Å². The van der Waals surface area contributed by atoms with Crippen LogP contribution in [0.4, 0.5) is 5.69 Å². The van der Waals surface area contributed by atoms with Gasteiger partial charge in [-0.3, -0.25) is 4.79 Å². The number of anilines is 1. The molecule has 3 N–H and O–H groups in total. The minimum absolute atomic E-state index is 0.141. The van der Waals surface area contributed by atoms with E-state index in [2.05, 4.69) is 5.32 Å². The summed E-state index contributed by atoms with van der Waals surface area (Å²) in [6.45, 7) is 0. The third-order valence-electron chi connectivity index (χ3n) is 2.33. The van der Waals surface area contributed by atoms with Crippen molar-refractivity contribution in [3.63, 3.8) is 0 Å². The van der Waals surface area contributed by atoms with Crippen molar-refractivity contribution in [3.05, 3.63) is 29.8 Å². The van der Waals surface area contributed by atoms with Gasteiger partial charge < -0.3 is 11.1 Å². The smallest absolute Gasteiger partial charge is 0.220 e. The van der Waals surface area contributed by atoms with Gasteiger partial charge in [0.25, 0.3) is 0 Å². The number of nitrogens with two attached hydrogens (primary N) is 1. The van der Waals surface area contributed by atoms with E-state index in [1.54, 1.807) is 0 Å². The van der Waals surface area contributed by atoms with Crippen molar-refractivity contribution in [2.75, 3.05) is 5.73 Å². The summed E-state index contributed by atoms with van der Waals surface area (Å²) in [7, 11) is 0. The van der Waals surface area contributed by atoms with E-state index in [1.807, 2.05) is 24.3 Å². The number of carbonyl (C=O) groups is 1. The van der Waals surface area contributed by atoms with Crippen molar-refractivity contribution >= 4 is 11.6 Å². The van der Waals surface area contributed by atoms with Gasteiger partial charge in [-0.15, -0.1) is 0 Å². The second kappa shape index (κ2) is 3.09. The Bertz CT molecular complexity index is 318. The first-order valence-electron chi connectivity index (χ1n) is 4.40. The van der Waals surface area contributed by atoms with Crippen LogP contribution in [0.5, 0.6) is 0 Å². The molecule has 1 aliphatic rings. The van der Waals surface area contributed by atoms with Gasteiger partial charge in [0, 0.05) is 12.1 Å². The molecular weight excluding hydrogens is 164 g/mol. The molecule has 1 aliphatic heterocycles. The lowest BCUT2D eigenvalue weighted by Crippen LogP contribution is -2.18. The van der Waals surface area contributed by atoms with E-state index in [0.717, 1.165) is 17.7 Å². The van der Waals surface area contributed by atoms with Crippen molar-refractivity contribution in [1.82, 2.24) is 5.32 Å². The molecule has 2 rings (SSSR count). The number of amides is 1. The predicted molar refractivity (Wildman–Crippen MR) is 51.0 cm³/mol. The minimum Gasteiger partial charge on any atom is -0.399 e. The highest BCUT2D eigenvalue weighted by Crippen LogP contribution is 2.23. The lowest BCUT2D eigenvalue weighted by atomic mass is 10.1. The third kappa shape index (κ3) is 1.64. The summed E-state index contributed by atoms with van der Waals surface area (Å²) in [6, 6.07) is 7.84. The van der Waals surface area contributed by atoms with E-state index in [4.69, 9.17) is 5.73 Å². The van der Waals surface area contributed by atoms with E-state index in [9.17, 15) is 4.79 Å². The highest BCUT2D eigenvalue weighted by atomic mass is 16.1. The number of nitrogen functional groups attached to an aromatic ring is 1. The van der Waals surface area contributed by atoms with Gasteiger partial charge in [-0.25, -0.2) is 0 Å². The molecule has 1 aromatic carbocycles. The molecule has 0 radical (unpaired) electrons. The molecule has 1 fully saturated rings. The van der Waals surface area contributed by atoms with Crippen LogP contribution in [0.15, 0.2) is 24.3 Å². The first-order valence-corrected chi connectivity index (χ1v) is 4.40. The lowest BCUT2D eigenvalue weighted by Gasteiger charge is -2.09. The number of hydrogen-bond donors (Lipinski definition) is 2. The summed E-state index contributed by atoms with van der Waals surface area (Å²) in [5.41, 5.74) is 7.46. The van der Waals surface area contributed by atoms with Gasteiger partial charge in [0.1, 0.15) is 0 Å². The van der Waals surface area contributed by atoms with Crippen LogP contribution < -0.4 is 11.1 Å². The summed E-state index contributed by atoms with van der Waals surface area (Å²) >= 11 is 0. The zero-order chi connectivity index (χ0) is 9.26. The Morgan fingerprint density at radius 1 is 1.31 bits per heavy atom. The van der Waals surface area contributed by atoms with Gasteiger partial charge in [-0.1, -0.05) is 12.1 Å². The molecule has 68 valence electrons. The maximum Gasteiger partial charge on any atom is 0.220 e. The molecule has 0 saturated carbocycles. The fourth-order valence-electron chi connectivity index (χ4n) is 1.59. The molecule has 0 aromatic heterocycles. The first kappa shape index (κ1) is 8.10. The minimum atomic E-state index is 0.141. The molecule has 3 heteroatoms. The maximum atomic E-state index is 11.0. The van der Waals surface area contributed by atoms with Crippen LogP contribution in [0.2, 0.25) is 0 Å². The SMILES string of the molecule is Nc1ccc(C2CCC(=O)N2)cc1. The Kier molecular flexibility index (Phi) is 1.93. The molecule has 1 unspecified atom stereocenters. The third-order valence-corrected chi connectivity index (χ3v) is 2.33. The van der Waals surface area contributed by atoms with Crippen LogP contribution in [0.1, 0.15) is 24.4 Å². The molecule has 0 bridgehead atoms. The first-order chi connectivity index (χ1) is 6.25. The average Bonchev–Trinajstić information content (AvgIpc) is 2.53. The standard InChI is InChI=1S/C10H12N2O/c11-8-3-1-7(2-4-8)9-5-6-10(13)12-9/h1-4,9H,5-6,11H2,(H,12,13). The van der Waals surface area contributed by atoms with Crippen LogP contribution in [0.25, 0.3) is 0 Å². The van der Waals surface area contributed by atoms with E-state index in [1.165, 1.54) is 0 Å².